The lowest BCUT2D eigenvalue weighted by Gasteiger charge is -2.09. The molecule has 0 bridgehead atoms. The van der Waals surface area contributed by atoms with Crippen LogP contribution in [0.1, 0.15) is 5.69 Å². The molecular formula is C13H18N4O3S. The third-order valence-electron chi connectivity index (χ3n) is 2.76. The molecule has 0 aliphatic rings. The highest BCUT2D eigenvalue weighted by Crippen LogP contribution is 2.14. The summed E-state index contributed by atoms with van der Waals surface area (Å²) in [6.45, 7) is 1.85. The molecule has 0 saturated heterocycles. The molecule has 0 unspecified atom stereocenters. The molecule has 0 radical (unpaired) electrons. The van der Waals surface area contributed by atoms with Gasteiger partial charge in [0.15, 0.2) is 0 Å². The Kier molecular flexibility index (Phi) is 4.37. The van der Waals surface area contributed by atoms with E-state index in [-0.39, 0.29) is 12.4 Å². The van der Waals surface area contributed by atoms with Gasteiger partial charge in [-0.05, 0) is 31.2 Å². The lowest BCUT2D eigenvalue weighted by Crippen LogP contribution is -2.22. The summed E-state index contributed by atoms with van der Waals surface area (Å²) in [6, 6.07) is 8.44. The summed E-state index contributed by atoms with van der Waals surface area (Å²) < 4.78 is 33.2. The van der Waals surface area contributed by atoms with Crippen LogP contribution in [0, 0.1) is 6.92 Å². The van der Waals surface area contributed by atoms with Crippen molar-refractivity contribution in [3.63, 3.8) is 0 Å². The van der Waals surface area contributed by atoms with Crippen LogP contribution in [-0.2, 0) is 17.1 Å². The number of anilines is 2. The quantitative estimate of drug-likeness (QED) is 0.779. The van der Waals surface area contributed by atoms with E-state index in [1.165, 1.54) is 4.68 Å². The third-order valence-corrected chi connectivity index (χ3v) is 3.99. The van der Waals surface area contributed by atoms with Crippen molar-refractivity contribution in [3.05, 3.63) is 36.0 Å². The Hall–Kier alpha value is -2.22. The zero-order valence-corrected chi connectivity index (χ0v) is 12.7. The molecule has 7 nitrogen and oxygen atoms in total. The Morgan fingerprint density at radius 1 is 1.33 bits per heavy atom. The fourth-order valence-corrected chi connectivity index (χ4v) is 2.66. The van der Waals surface area contributed by atoms with Crippen molar-refractivity contribution in [1.82, 2.24) is 9.78 Å². The molecule has 0 amide bonds. The number of nitrogens with one attached hydrogen (secondary N) is 1. The van der Waals surface area contributed by atoms with E-state index in [2.05, 4.69) is 9.82 Å². The van der Waals surface area contributed by atoms with E-state index in [1.54, 1.807) is 44.3 Å². The van der Waals surface area contributed by atoms with Crippen LogP contribution in [0.4, 0.5) is 11.5 Å². The number of aryl methyl sites for hydroxylation is 2. The number of nitrogen functional groups attached to an aromatic ring is 1. The topological polar surface area (TPSA) is 99.2 Å². The highest BCUT2D eigenvalue weighted by atomic mass is 32.2. The Morgan fingerprint density at radius 3 is 2.57 bits per heavy atom. The van der Waals surface area contributed by atoms with Gasteiger partial charge in [0, 0.05) is 18.8 Å². The Balaban J connectivity index is 1.89. The van der Waals surface area contributed by atoms with E-state index in [0.29, 0.717) is 17.3 Å². The minimum atomic E-state index is -3.48. The number of aromatic nitrogens is 2. The second-order valence-corrected chi connectivity index (χ2v) is 6.47. The van der Waals surface area contributed by atoms with Gasteiger partial charge in [-0.15, -0.1) is 0 Å². The summed E-state index contributed by atoms with van der Waals surface area (Å²) >= 11 is 0. The van der Waals surface area contributed by atoms with E-state index in [9.17, 15) is 8.42 Å². The number of rotatable bonds is 6. The smallest absolute Gasteiger partial charge is 0.237 e. The maximum absolute atomic E-state index is 12.0. The van der Waals surface area contributed by atoms with Crippen LogP contribution in [0.25, 0.3) is 0 Å². The Labute approximate surface area is 123 Å². The second kappa shape index (κ2) is 6.04. The second-order valence-electron chi connectivity index (χ2n) is 4.63. The fraction of sp³-hybridized carbons (Fsp3) is 0.308. The van der Waals surface area contributed by atoms with Crippen LogP contribution in [0.5, 0.6) is 5.75 Å². The van der Waals surface area contributed by atoms with E-state index in [0.717, 1.165) is 5.69 Å². The molecule has 0 saturated carbocycles. The van der Waals surface area contributed by atoms with E-state index < -0.39 is 10.0 Å². The molecule has 2 rings (SSSR count). The molecule has 3 N–H and O–H groups in total. The molecule has 1 aromatic heterocycles. The van der Waals surface area contributed by atoms with Gasteiger partial charge in [0.2, 0.25) is 10.0 Å². The maximum atomic E-state index is 12.0. The summed E-state index contributed by atoms with van der Waals surface area (Å²) in [5.41, 5.74) is 6.93. The number of sulfonamides is 1. The predicted octanol–water partition coefficient (Wildman–Crippen LogP) is 1.13. The average molecular weight is 310 g/mol. The Bertz CT molecular complexity index is 708. The monoisotopic (exact) mass is 310 g/mol. The van der Waals surface area contributed by atoms with Crippen LogP contribution in [0.15, 0.2) is 30.3 Å². The molecule has 8 heteroatoms. The van der Waals surface area contributed by atoms with E-state index >= 15 is 0 Å². The molecule has 0 fully saturated rings. The first-order valence-electron chi connectivity index (χ1n) is 6.35. The summed E-state index contributed by atoms with van der Waals surface area (Å²) in [4.78, 5) is 0. The van der Waals surface area contributed by atoms with Gasteiger partial charge in [0.1, 0.15) is 23.9 Å². The molecule has 21 heavy (non-hydrogen) atoms. The van der Waals surface area contributed by atoms with Gasteiger partial charge in [0.25, 0.3) is 0 Å². The van der Waals surface area contributed by atoms with Gasteiger partial charge in [-0.3, -0.25) is 9.40 Å². The molecule has 2 aromatic rings. The molecule has 114 valence electrons. The molecule has 0 spiro atoms. The highest BCUT2D eigenvalue weighted by molar-refractivity contribution is 7.92. The van der Waals surface area contributed by atoms with Gasteiger partial charge in [-0.1, -0.05) is 0 Å². The minimum Gasteiger partial charge on any atom is -0.492 e. The zero-order chi connectivity index (χ0) is 15.5. The summed E-state index contributed by atoms with van der Waals surface area (Å²) in [6.07, 6.45) is 0. The van der Waals surface area contributed by atoms with Gasteiger partial charge < -0.3 is 10.5 Å². The molecule has 0 aliphatic carbocycles. The van der Waals surface area contributed by atoms with Crippen LogP contribution in [-0.4, -0.2) is 30.6 Å². The van der Waals surface area contributed by atoms with Crippen molar-refractivity contribution >= 4 is 21.5 Å². The first-order chi connectivity index (χ1) is 9.85. The van der Waals surface area contributed by atoms with Crippen LogP contribution < -0.4 is 15.2 Å². The largest absolute Gasteiger partial charge is 0.492 e. The number of hydrogen-bond donors (Lipinski definition) is 2. The van der Waals surface area contributed by atoms with Crippen molar-refractivity contribution in [2.24, 2.45) is 7.05 Å². The Morgan fingerprint density at radius 2 is 2.00 bits per heavy atom. The standard InChI is InChI=1S/C13H18N4O3S/c1-10-9-13(17(2)15-10)16-21(18,19)8-7-20-12-5-3-11(14)4-6-12/h3-6,9,16H,7-8,14H2,1-2H3. The zero-order valence-electron chi connectivity index (χ0n) is 11.9. The summed E-state index contributed by atoms with van der Waals surface area (Å²) in [5, 5.41) is 4.08. The maximum Gasteiger partial charge on any atom is 0.237 e. The average Bonchev–Trinajstić information content (AvgIpc) is 2.69. The van der Waals surface area contributed by atoms with Gasteiger partial charge in [0.05, 0.1) is 5.69 Å². The summed E-state index contributed by atoms with van der Waals surface area (Å²) in [5.74, 6) is 0.859. The third kappa shape index (κ3) is 4.38. The number of nitrogens with two attached hydrogens (primary N) is 1. The normalized spacial score (nSPS) is 11.3. The first-order valence-corrected chi connectivity index (χ1v) is 8.00. The molecule has 1 heterocycles. The lowest BCUT2D eigenvalue weighted by molar-refractivity contribution is 0.341. The minimum absolute atomic E-state index is 0.0517. The number of benzene rings is 1. The van der Waals surface area contributed by atoms with Crippen LogP contribution in [0.3, 0.4) is 0 Å². The van der Waals surface area contributed by atoms with E-state index in [1.807, 2.05) is 0 Å². The molecule has 0 atom stereocenters. The first kappa shape index (κ1) is 15.2. The van der Waals surface area contributed by atoms with Gasteiger partial charge in [-0.2, -0.15) is 5.10 Å². The van der Waals surface area contributed by atoms with Crippen molar-refractivity contribution < 1.29 is 13.2 Å². The van der Waals surface area contributed by atoms with Crippen molar-refractivity contribution in [3.8, 4) is 5.75 Å². The van der Waals surface area contributed by atoms with Gasteiger partial charge in [-0.25, -0.2) is 8.42 Å². The molecule has 1 aromatic carbocycles. The van der Waals surface area contributed by atoms with Crippen molar-refractivity contribution in [1.29, 1.82) is 0 Å². The van der Waals surface area contributed by atoms with Crippen LogP contribution >= 0.6 is 0 Å². The number of hydrogen-bond acceptors (Lipinski definition) is 5. The van der Waals surface area contributed by atoms with Gasteiger partial charge >= 0.3 is 0 Å². The SMILES string of the molecule is Cc1cc(NS(=O)(=O)CCOc2ccc(N)cc2)n(C)n1. The molecular weight excluding hydrogens is 292 g/mol. The van der Waals surface area contributed by atoms with Crippen molar-refractivity contribution in [2.45, 2.75) is 6.92 Å². The molecule has 0 aliphatic heterocycles. The van der Waals surface area contributed by atoms with Crippen LogP contribution in [0.2, 0.25) is 0 Å². The predicted molar refractivity (Wildman–Crippen MR) is 81.7 cm³/mol. The van der Waals surface area contributed by atoms with Crippen molar-refractivity contribution in [2.75, 3.05) is 22.8 Å². The fourth-order valence-electron chi connectivity index (χ4n) is 1.75. The number of nitrogens with zero attached hydrogens (tertiary/aromatic N) is 2. The van der Waals surface area contributed by atoms with E-state index in [4.69, 9.17) is 10.5 Å². The highest BCUT2D eigenvalue weighted by Gasteiger charge is 2.13. The lowest BCUT2D eigenvalue weighted by atomic mass is 10.3. The summed E-state index contributed by atoms with van der Waals surface area (Å²) in [7, 11) is -1.81. The number of ether oxygens (including phenoxy) is 1.